The number of hydrogen-bond acceptors (Lipinski definition) is 3. The van der Waals surface area contributed by atoms with Gasteiger partial charge in [0.25, 0.3) is 0 Å². The van der Waals surface area contributed by atoms with Crippen molar-refractivity contribution in [2.45, 2.75) is 20.8 Å². The molecular weight excluding hydrogens is 341 g/mol. The van der Waals surface area contributed by atoms with Crippen molar-refractivity contribution < 1.29 is 4.57 Å². The average Bonchev–Trinajstić information content (AvgIpc) is 3.03. The van der Waals surface area contributed by atoms with E-state index >= 15 is 0 Å². The molecule has 0 aliphatic carbocycles. The van der Waals surface area contributed by atoms with Gasteiger partial charge in [0.2, 0.25) is 0 Å². The molecule has 0 N–H and O–H groups in total. The minimum atomic E-state index is 0.136. The molecule has 4 aromatic rings. The molecule has 6 heteroatoms. The van der Waals surface area contributed by atoms with Crippen molar-refractivity contribution in [3.63, 3.8) is 0 Å². The van der Waals surface area contributed by atoms with Crippen molar-refractivity contribution in [3.05, 3.63) is 41.5 Å². The first-order valence-electron chi connectivity index (χ1n) is 7.11. The van der Waals surface area contributed by atoms with Crippen LogP contribution in [0.1, 0.15) is 16.7 Å². The second-order valence-corrected chi connectivity index (χ2v) is 7.72. The van der Waals surface area contributed by atoms with Gasteiger partial charge in [-0.2, -0.15) is 0 Å². The van der Waals surface area contributed by atoms with Crippen LogP contribution in [-0.2, 0) is 7.05 Å². The van der Waals surface area contributed by atoms with Crippen molar-refractivity contribution in [3.8, 4) is 11.3 Å². The van der Waals surface area contributed by atoms with Crippen LogP contribution in [0.5, 0.6) is 0 Å². The van der Waals surface area contributed by atoms with Gasteiger partial charge in [-0.3, -0.25) is 0 Å². The minimum absolute atomic E-state index is 0.136. The predicted octanol–water partition coefficient (Wildman–Crippen LogP) is 1.75. The Morgan fingerprint density at radius 1 is 1.14 bits per heavy atom. The van der Waals surface area contributed by atoms with E-state index in [0.29, 0.717) is 0 Å². The summed E-state index contributed by atoms with van der Waals surface area (Å²) in [5, 5.41) is 4.31. The molecule has 3 aromatic heterocycles. The van der Waals surface area contributed by atoms with Gasteiger partial charge >= 0.3 is 134 Å². The van der Waals surface area contributed by atoms with Gasteiger partial charge in [0, 0.05) is 0 Å². The fourth-order valence-electron chi connectivity index (χ4n) is 2.90. The number of fused-ring (bicyclic) bond motifs is 3. The molecule has 3 heterocycles. The number of benzene rings is 1. The molecule has 0 aliphatic rings. The summed E-state index contributed by atoms with van der Waals surface area (Å²) in [6.45, 7) is 6.51. The Balaban J connectivity index is 2.16. The number of aryl methyl sites for hydroxylation is 3. The van der Waals surface area contributed by atoms with Crippen molar-refractivity contribution in [1.29, 1.82) is 0 Å². The molecule has 0 aliphatic heterocycles. The molecule has 0 saturated carbocycles. The zero-order valence-corrected chi connectivity index (χ0v) is 14.7. The van der Waals surface area contributed by atoms with Crippen LogP contribution in [0.25, 0.3) is 25.7 Å². The second-order valence-electron chi connectivity index (χ2n) is 5.67. The van der Waals surface area contributed by atoms with E-state index in [1.54, 1.807) is 6.33 Å². The third-order valence-corrected chi connectivity index (χ3v) is 6.29. The predicted molar refractivity (Wildman–Crippen MR) is 86.1 cm³/mol. The van der Waals surface area contributed by atoms with Gasteiger partial charge in [-0.1, -0.05) is 0 Å². The number of nitrogens with zero attached hydrogens (tertiary/aromatic N) is 5. The summed E-state index contributed by atoms with van der Waals surface area (Å²) in [5.74, 6) is 0. The van der Waals surface area contributed by atoms with E-state index in [-0.39, 0.29) is 14.5 Å². The summed E-state index contributed by atoms with van der Waals surface area (Å²) in [7, 11) is 2.06. The monoisotopic (exact) mass is 358 g/mol. The van der Waals surface area contributed by atoms with Gasteiger partial charge < -0.3 is 0 Å². The van der Waals surface area contributed by atoms with E-state index in [0.717, 1.165) is 10.2 Å². The van der Waals surface area contributed by atoms with Crippen LogP contribution in [0.3, 0.4) is 0 Å². The van der Waals surface area contributed by atoms with Crippen LogP contribution in [0, 0.1) is 20.8 Å². The van der Waals surface area contributed by atoms with Crippen LogP contribution < -0.4 is 4.57 Å². The Morgan fingerprint density at radius 2 is 1.95 bits per heavy atom. The molecular formula is C16H16N5Se+. The number of rotatable bonds is 1. The summed E-state index contributed by atoms with van der Waals surface area (Å²) in [5.41, 5.74) is 7.38. The van der Waals surface area contributed by atoms with Gasteiger partial charge in [0.05, 0.1) is 0 Å². The van der Waals surface area contributed by atoms with Gasteiger partial charge in [-0.05, 0) is 0 Å². The second kappa shape index (κ2) is 4.73. The van der Waals surface area contributed by atoms with E-state index < -0.39 is 0 Å². The Morgan fingerprint density at radius 3 is 2.77 bits per heavy atom. The fraction of sp³-hybridized carbons (Fsp3) is 0.250. The quantitative estimate of drug-likeness (QED) is 0.385. The number of hydrogen-bond donors (Lipinski definition) is 0. The topological polar surface area (TPSA) is 47.0 Å². The molecule has 0 amide bonds. The standard InChI is InChI=1S/C16H16N5Se/c1-9-5-10(2)11(3)12(6-9)13-14-15(18-8-20(13)4)21-16(22-14)17-7-19-21/h5-8H,1-4H3/q+1. The fourth-order valence-corrected chi connectivity index (χ4v) is 5.18. The van der Waals surface area contributed by atoms with Crippen molar-refractivity contribution >= 4 is 28.9 Å². The summed E-state index contributed by atoms with van der Waals surface area (Å²) in [6.07, 6.45) is 3.48. The summed E-state index contributed by atoms with van der Waals surface area (Å²) >= 11 is 0.136. The Labute approximate surface area is 134 Å². The van der Waals surface area contributed by atoms with Crippen LogP contribution in [0.4, 0.5) is 0 Å². The van der Waals surface area contributed by atoms with Gasteiger partial charge in [0.1, 0.15) is 0 Å². The van der Waals surface area contributed by atoms with Crippen LogP contribution >= 0.6 is 0 Å². The van der Waals surface area contributed by atoms with E-state index in [1.165, 1.54) is 32.2 Å². The van der Waals surface area contributed by atoms with Crippen molar-refractivity contribution in [2.75, 3.05) is 0 Å². The molecule has 0 atom stereocenters. The normalized spacial score (nSPS) is 11.6. The van der Waals surface area contributed by atoms with E-state index in [1.807, 2.05) is 10.8 Å². The molecule has 4 rings (SSSR count). The molecule has 5 nitrogen and oxygen atoms in total. The Bertz CT molecular complexity index is 1030. The molecule has 0 unspecified atom stereocenters. The first kappa shape index (κ1) is 13.6. The molecule has 0 spiro atoms. The Kier molecular flexibility index (Phi) is 2.93. The summed E-state index contributed by atoms with van der Waals surface area (Å²) in [4.78, 5) is 8.94. The molecule has 0 bridgehead atoms. The first-order valence-corrected chi connectivity index (χ1v) is 8.82. The van der Waals surface area contributed by atoms with E-state index in [9.17, 15) is 0 Å². The van der Waals surface area contributed by atoms with Crippen LogP contribution in [0.2, 0.25) is 0 Å². The Hall–Kier alpha value is -2.04. The molecule has 0 radical (unpaired) electrons. The average molecular weight is 357 g/mol. The van der Waals surface area contributed by atoms with Crippen LogP contribution in [-0.4, -0.2) is 34.1 Å². The first-order chi connectivity index (χ1) is 10.6. The van der Waals surface area contributed by atoms with Gasteiger partial charge in [-0.25, -0.2) is 0 Å². The van der Waals surface area contributed by atoms with E-state index in [2.05, 4.69) is 59.6 Å². The number of aromatic nitrogens is 5. The van der Waals surface area contributed by atoms with Crippen LogP contribution in [0.15, 0.2) is 24.8 Å². The summed E-state index contributed by atoms with van der Waals surface area (Å²) in [6, 6.07) is 4.50. The molecule has 0 fully saturated rings. The maximum absolute atomic E-state index is 4.57. The molecule has 110 valence electrons. The molecule has 1 aromatic carbocycles. The third-order valence-electron chi connectivity index (χ3n) is 4.10. The third kappa shape index (κ3) is 1.84. The maximum atomic E-state index is 4.57. The van der Waals surface area contributed by atoms with E-state index in [4.69, 9.17) is 0 Å². The molecule has 0 saturated heterocycles. The van der Waals surface area contributed by atoms with Crippen molar-refractivity contribution in [1.82, 2.24) is 19.6 Å². The SMILES string of the molecule is Cc1cc(C)c(C)c(-c2c3[se]c4ncnn4c3nc[n+]2C)c1. The molecule has 22 heavy (non-hydrogen) atoms. The zero-order chi connectivity index (χ0) is 15.4. The zero-order valence-electron chi connectivity index (χ0n) is 13.0. The summed E-state index contributed by atoms with van der Waals surface area (Å²) < 4.78 is 6.27. The van der Waals surface area contributed by atoms with Gasteiger partial charge in [0.15, 0.2) is 0 Å². The van der Waals surface area contributed by atoms with Gasteiger partial charge in [-0.15, -0.1) is 0 Å². The van der Waals surface area contributed by atoms with Crippen molar-refractivity contribution in [2.24, 2.45) is 7.05 Å².